The van der Waals surface area contributed by atoms with Crippen molar-refractivity contribution in [2.45, 2.75) is 31.6 Å². The van der Waals surface area contributed by atoms with Crippen molar-refractivity contribution in [3.8, 4) is 0 Å². The number of esters is 1. The van der Waals surface area contributed by atoms with Gasteiger partial charge in [0.2, 0.25) is 0 Å². The van der Waals surface area contributed by atoms with E-state index < -0.39 is 5.97 Å². The van der Waals surface area contributed by atoms with Gasteiger partial charge in [0.25, 0.3) is 0 Å². The van der Waals surface area contributed by atoms with Crippen LogP contribution in [0, 0.1) is 0 Å². The Balaban J connectivity index is 1.71. The topological polar surface area (TPSA) is 64.6 Å². The van der Waals surface area contributed by atoms with Crippen LogP contribution in [0.4, 0.5) is 0 Å². The van der Waals surface area contributed by atoms with Crippen molar-refractivity contribution in [3.05, 3.63) is 67.3 Å². The number of thiophene rings is 2. The lowest BCUT2D eigenvalue weighted by atomic mass is 9.74. The fourth-order valence-electron chi connectivity index (χ4n) is 4.07. The van der Waals surface area contributed by atoms with Gasteiger partial charge < -0.3 is 14.8 Å². The van der Waals surface area contributed by atoms with Crippen LogP contribution in [0.2, 0.25) is 0 Å². The number of carbonyl (C=O) groups is 2. The number of nitrogens with one attached hydrogen (secondary N) is 1. The highest BCUT2D eigenvalue weighted by Gasteiger charge is 2.41. The number of carbonyl (C=O) groups excluding carboxylic acids is 2. The molecular weight excluding hydrogens is 406 g/mol. The van der Waals surface area contributed by atoms with Gasteiger partial charge in [-0.3, -0.25) is 4.79 Å². The first-order valence-electron chi connectivity index (χ1n) is 9.57. The van der Waals surface area contributed by atoms with Gasteiger partial charge in [-0.2, -0.15) is 0 Å². The maximum absolute atomic E-state index is 13.3. The Kier molecular flexibility index (Phi) is 5.99. The lowest BCUT2D eigenvalue weighted by Crippen LogP contribution is -2.36. The van der Waals surface area contributed by atoms with E-state index in [-0.39, 0.29) is 24.2 Å². The molecule has 29 heavy (non-hydrogen) atoms. The molecule has 0 fully saturated rings. The number of allylic oxidation sites excluding steroid dienone is 3. The Morgan fingerprint density at radius 1 is 1.14 bits per heavy atom. The first-order valence-corrected chi connectivity index (χ1v) is 11.3. The molecule has 0 saturated carbocycles. The zero-order valence-electron chi connectivity index (χ0n) is 16.4. The number of ether oxygens (including phenoxy) is 2. The maximum atomic E-state index is 13.3. The molecule has 1 aliphatic carbocycles. The van der Waals surface area contributed by atoms with E-state index >= 15 is 0 Å². The molecule has 2 atom stereocenters. The summed E-state index contributed by atoms with van der Waals surface area (Å²) in [4.78, 5) is 28.4. The zero-order valence-corrected chi connectivity index (χ0v) is 18.0. The van der Waals surface area contributed by atoms with E-state index in [4.69, 9.17) is 9.47 Å². The summed E-state index contributed by atoms with van der Waals surface area (Å²) in [6, 6.07) is 8.05. The Hall–Kier alpha value is -2.22. The van der Waals surface area contributed by atoms with Gasteiger partial charge in [-0.05, 0) is 36.2 Å². The van der Waals surface area contributed by atoms with Gasteiger partial charge in [-0.15, -0.1) is 22.7 Å². The van der Waals surface area contributed by atoms with Crippen LogP contribution in [0.1, 0.15) is 41.4 Å². The van der Waals surface area contributed by atoms with Crippen LogP contribution < -0.4 is 5.32 Å². The van der Waals surface area contributed by atoms with Crippen LogP contribution in [0.3, 0.4) is 0 Å². The van der Waals surface area contributed by atoms with Gasteiger partial charge in [0.05, 0.1) is 18.1 Å². The summed E-state index contributed by atoms with van der Waals surface area (Å²) in [5, 5.41) is 7.39. The van der Waals surface area contributed by atoms with Crippen molar-refractivity contribution in [1.29, 1.82) is 0 Å². The van der Waals surface area contributed by atoms with Gasteiger partial charge in [0, 0.05) is 46.2 Å². The van der Waals surface area contributed by atoms with Gasteiger partial charge in [0.15, 0.2) is 5.78 Å². The standard InChI is InChI=1S/C22H23NO4S2/c1-13-19(22(25)27-8-7-26-2)21(18-6-4-10-29-18)20-15(23-13)11-14(12-16(20)24)17-5-3-9-28-17/h3-6,9-10,14,21,23H,7-8,11-12H2,1-2H3/t14-,21-/m1/s1. The van der Waals surface area contributed by atoms with Crippen molar-refractivity contribution in [1.82, 2.24) is 5.32 Å². The van der Waals surface area contributed by atoms with E-state index in [0.29, 0.717) is 24.2 Å². The molecule has 0 radical (unpaired) electrons. The summed E-state index contributed by atoms with van der Waals surface area (Å²) in [5.41, 5.74) is 2.92. The highest BCUT2D eigenvalue weighted by Crippen LogP contribution is 2.47. The van der Waals surface area contributed by atoms with Crippen molar-refractivity contribution < 1.29 is 19.1 Å². The van der Waals surface area contributed by atoms with Crippen molar-refractivity contribution in [2.75, 3.05) is 20.3 Å². The second-order valence-electron chi connectivity index (χ2n) is 7.18. The highest BCUT2D eigenvalue weighted by molar-refractivity contribution is 7.10. The Labute approximate surface area is 178 Å². The van der Waals surface area contributed by atoms with Crippen LogP contribution in [-0.2, 0) is 19.1 Å². The molecule has 5 nitrogen and oxygen atoms in total. The number of dihydropyridines is 1. The largest absolute Gasteiger partial charge is 0.460 e. The molecule has 0 spiro atoms. The minimum Gasteiger partial charge on any atom is -0.460 e. The molecule has 1 aliphatic heterocycles. The Morgan fingerprint density at radius 2 is 1.86 bits per heavy atom. The first kappa shape index (κ1) is 20.1. The lowest BCUT2D eigenvalue weighted by molar-refractivity contribution is -0.140. The molecule has 152 valence electrons. The maximum Gasteiger partial charge on any atom is 0.336 e. The smallest absolute Gasteiger partial charge is 0.336 e. The van der Waals surface area contributed by atoms with E-state index in [2.05, 4.69) is 11.4 Å². The number of methoxy groups -OCH3 is 1. The molecule has 2 aromatic heterocycles. The predicted molar refractivity (Wildman–Crippen MR) is 114 cm³/mol. The normalized spacial score (nSPS) is 21.8. The molecule has 0 amide bonds. The molecule has 1 N–H and O–H groups in total. The average Bonchev–Trinajstić information content (AvgIpc) is 3.41. The minimum absolute atomic E-state index is 0.102. The number of hydrogen-bond acceptors (Lipinski definition) is 7. The first-order chi connectivity index (χ1) is 14.1. The van der Waals surface area contributed by atoms with Gasteiger partial charge in [-0.25, -0.2) is 4.79 Å². The predicted octanol–water partition coefficient (Wildman–Crippen LogP) is 4.36. The van der Waals surface area contributed by atoms with Gasteiger partial charge in [-0.1, -0.05) is 12.1 Å². The number of Topliss-reactive ketones (excluding diaryl/α,β-unsaturated/α-hetero) is 1. The van der Waals surface area contributed by atoms with Crippen LogP contribution >= 0.6 is 22.7 Å². The van der Waals surface area contributed by atoms with Gasteiger partial charge >= 0.3 is 5.97 Å². The number of rotatable bonds is 6. The van der Waals surface area contributed by atoms with E-state index in [1.165, 1.54) is 4.88 Å². The lowest BCUT2D eigenvalue weighted by Gasteiger charge is -2.35. The summed E-state index contributed by atoms with van der Waals surface area (Å²) < 4.78 is 10.4. The summed E-state index contributed by atoms with van der Waals surface area (Å²) in [6.07, 6.45) is 1.24. The third-order valence-corrected chi connectivity index (χ3v) is 7.31. The molecule has 7 heteroatoms. The van der Waals surface area contributed by atoms with Gasteiger partial charge in [0.1, 0.15) is 6.61 Å². The molecule has 3 heterocycles. The van der Waals surface area contributed by atoms with E-state index in [0.717, 1.165) is 22.7 Å². The van der Waals surface area contributed by atoms with E-state index in [9.17, 15) is 9.59 Å². The summed E-state index contributed by atoms with van der Waals surface area (Å²) in [7, 11) is 1.57. The molecule has 0 unspecified atom stereocenters. The Bertz CT molecular complexity index is 957. The Morgan fingerprint density at radius 3 is 2.52 bits per heavy atom. The molecule has 4 rings (SSSR count). The molecular formula is C22H23NO4S2. The molecule has 0 aromatic carbocycles. The minimum atomic E-state index is -0.398. The van der Waals surface area contributed by atoms with Crippen molar-refractivity contribution in [3.63, 3.8) is 0 Å². The van der Waals surface area contributed by atoms with E-state index in [1.54, 1.807) is 29.8 Å². The summed E-state index contributed by atoms with van der Waals surface area (Å²) in [6.45, 7) is 2.41. The number of ketones is 1. The van der Waals surface area contributed by atoms with Crippen molar-refractivity contribution >= 4 is 34.4 Å². The fraction of sp³-hybridized carbons (Fsp3) is 0.364. The quantitative estimate of drug-likeness (QED) is 0.546. The van der Waals surface area contributed by atoms with E-state index in [1.807, 2.05) is 35.9 Å². The van der Waals surface area contributed by atoms with Crippen LogP contribution in [-0.4, -0.2) is 32.1 Å². The highest BCUT2D eigenvalue weighted by atomic mass is 32.1. The monoisotopic (exact) mass is 429 g/mol. The molecule has 2 aromatic rings. The second-order valence-corrected chi connectivity index (χ2v) is 9.14. The number of hydrogen-bond donors (Lipinski definition) is 1. The van der Waals surface area contributed by atoms with Crippen LogP contribution in [0.15, 0.2) is 57.6 Å². The fourth-order valence-corrected chi connectivity index (χ4v) is 5.74. The molecule has 2 aliphatic rings. The van der Waals surface area contributed by atoms with Crippen LogP contribution in [0.5, 0.6) is 0 Å². The third-order valence-electron chi connectivity index (χ3n) is 5.34. The second kappa shape index (κ2) is 8.65. The summed E-state index contributed by atoms with van der Waals surface area (Å²) >= 11 is 3.25. The zero-order chi connectivity index (χ0) is 20.4. The SMILES string of the molecule is COCCOC(=O)C1=C(C)NC2=C(C(=O)C[C@H](c3cccs3)C2)[C@@H]1c1cccs1. The third kappa shape index (κ3) is 3.95. The van der Waals surface area contributed by atoms with Crippen molar-refractivity contribution in [2.24, 2.45) is 0 Å². The average molecular weight is 430 g/mol. The van der Waals surface area contributed by atoms with Crippen LogP contribution in [0.25, 0.3) is 0 Å². The molecule has 0 saturated heterocycles. The summed E-state index contributed by atoms with van der Waals surface area (Å²) in [5.74, 6) is -0.491. The molecule has 0 bridgehead atoms.